The highest BCUT2D eigenvalue weighted by Crippen LogP contribution is 2.38. The lowest BCUT2D eigenvalue weighted by Crippen LogP contribution is -1.98. The van der Waals surface area contributed by atoms with Crippen LogP contribution in [0.25, 0.3) is 0 Å². The molecule has 0 amide bonds. The third-order valence-corrected chi connectivity index (χ3v) is 2.36. The second-order valence-electron chi connectivity index (χ2n) is 2.79. The van der Waals surface area contributed by atoms with Crippen LogP contribution < -0.4 is 9.47 Å². The molecular weight excluding hydrogens is 237 g/mol. The molecular formula is C10H9ClFNO3. The number of ether oxygens (including phenoxy) is 2. The third kappa shape index (κ3) is 2.32. The molecule has 0 aliphatic rings. The number of nitrogens with zero attached hydrogens (tertiary/aromatic N) is 1. The van der Waals surface area contributed by atoms with Crippen LogP contribution in [0.4, 0.5) is 4.39 Å². The molecule has 6 heteroatoms. The lowest BCUT2D eigenvalue weighted by atomic mass is 10.1. The molecule has 0 bridgehead atoms. The summed E-state index contributed by atoms with van der Waals surface area (Å²) in [6, 6.07) is 1.11. The van der Waals surface area contributed by atoms with Crippen molar-refractivity contribution in [2.45, 2.75) is 6.54 Å². The number of carbonyl (C=O) groups excluding carboxylic acids is 1. The highest BCUT2D eigenvalue weighted by atomic mass is 35.5. The molecule has 0 aliphatic carbocycles. The summed E-state index contributed by atoms with van der Waals surface area (Å²) in [7, 11) is 2.76. The van der Waals surface area contributed by atoms with Gasteiger partial charge in [-0.3, -0.25) is 0 Å². The van der Waals surface area contributed by atoms with Crippen LogP contribution in [0, 0.1) is 5.82 Å². The number of hydrogen-bond acceptors (Lipinski definition) is 4. The third-order valence-electron chi connectivity index (χ3n) is 1.96. The van der Waals surface area contributed by atoms with Gasteiger partial charge in [0.15, 0.2) is 11.5 Å². The maximum absolute atomic E-state index is 13.4. The molecule has 0 aliphatic heterocycles. The Balaban J connectivity index is 3.39. The van der Waals surface area contributed by atoms with Gasteiger partial charge in [0.2, 0.25) is 6.08 Å². The quantitative estimate of drug-likeness (QED) is 0.604. The predicted molar refractivity (Wildman–Crippen MR) is 56.3 cm³/mol. The number of isocyanates is 1. The maximum atomic E-state index is 13.4. The number of halogens is 2. The molecule has 1 aromatic carbocycles. The molecule has 1 aromatic rings. The van der Waals surface area contributed by atoms with Crippen molar-refractivity contribution in [3.05, 3.63) is 22.5 Å². The van der Waals surface area contributed by atoms with Crippen molar-refractivity contribution in [2.75, 3.05) is 14.2 Å². The number of aliphatic imine (C=N–C) groups is 1. The van der Waals surface area contributed by atoms with Crippen LogP contribution in [0.2, 0.25) is 5.02 Å². The fourth-order valence-electron chi connectivity index (χ4n) is 1.26. The van der Waals surface area contributed by atoms with Crippen molar-refractivity contribution >= 4 is 17.7 Å². The second kappa shape index (κ2) is 5.49. The fourth-order valence-corrected chi connectivity index (χ4v) is 1.46. The van der Waals surface area contributed by atoms with E-state index in [9.17, 15) is 9.18 Å². The molecule has 0 spiro atoms. The largest absolute Gasteiger partial charge is 0.493 e. The highest BCUT2D eigenvalue weighted by molar-refractivity contribution is 6.31. The number of hydrogen-bond donors (Lipinski definition) is 0. The number of rotatable bonds is 4. The number of methoxy groups -OCH3 is 2. The van der Waals surface area contributed by atoms with E-state index in [1.54, 1.807) is 0 Å². The Labute approximate surface area is 96.6 Å². The Kier molecular flexibility index (Phi) is 4.28. The molecule has 0 saturated carbocycles. The van der Waals surface area contributed by atoms with E-state index < -0.39 is 5.82 Å². The second-order valence-corrected chi connectivity index (χ2v) is 3.17. The van der Waals surface area contributed by atoms with Crippen molar-refractivity contribution in [1.29, 1.82) is 0 Å². The van der Waals surface area contributed by atoms with Gasteiger partial charge in [-0.15, -0.1) is 0 Å². The van der Waals surface area contributed by atoms with Gasteiger partial charge >= 0.3 is 0 Å². The van der Waals surface area contributed by atoms with E-state index in [-0.39, 0.29) is 28.6 Å². The van der Waals surface area contributed by atoms with Gasteiger partial charge in [0, 0.05) is 11.6 Å². The molecule has 0 aromatic heterocycles. The molecule has 0 atom stereocenters. The molecule has 0 saturated heterocycles. The van der Waals surface area contributed by atoms with Gasteiger partial charge in [0.1, 0.15) is 5.82 Å². The first kappa shape index (κ1) is 12.5. The summed E-state index contributed by atoms with van der Waals surface area (Å²) in [6.45, 7) is -0.111. The molecule has 1 rings (SSSR count). The van der Waals surface area contributed by atoms with Gasteiger partial charge in [0.05, 0.1) is 25.8 Å². The molecule has 0 N–H and O–H groups in total. The van der Waals surface area contributed by atoms with Gasteiger partial charge in [-0.2, -0.15) is 0 Å². The zero-order valence-corrected chi connectivity index (χ0v) is 9.47. The maximum Gasteiger partial charge on any atom is 0.235 e. The normalized spacial score (nSPS) is 9.50. The standard InChI is InChI=1S/C10H9ClFNO3/c1-15-8-3-7(12)9(11)6(4-13-5-14)10(8)16-2/h3H,4H2,1-2H3. The van der Waals surface area contributed by atoms with E-state index in [0.717, 1.165) is 6.07 Å². The van der Waals surface area contributed by atoms with Crippen molar-refractivity contribution in [3.8, 4) is 11.5 Å². The molecule has 0 fully saturated rings. The zero-order valence-electron chi connectivity index (χ0n) is 8.71. The SMILES string of the molecule is COc1cc(F)c(Cl)c(CN=C=O)c1OC. The van der Waals surface area contributed by atoms with Crippen LogP contribution in [-0.4, -0.2) is 20.3 Å². The van der Waals surface area contributed by atoms with Gasteiger partial charge < -0.3 is 9.47 Å². The van der Waals surface area contributed by atoms with E-state index in [1.807, 2.05) is 0 Å². The van der Waals surface area contributed by atoms with Crippen molar-refractivity contribution in [1.82, 2.24) is 0 Å². The highest BCUT2D eigenvalue weighted by Gasteiger charge is 2.18. The average Bonchev–Trinajstić information content (AvgIpc) is 2.30. The topological polar surface area (TPSA) is 47.9 Å². The summed E-state index contributed by atoms with van der Waals surface area (Å²) in [6.07, 6.45) is 1.35. The van der Waals surface area contributed by atoms with E-state index >= 15 is 0 Å². The van der Waals surface area contributed by atoms with E-state index in [0.29, 0.717) is 0 Å². The summed E-state index contributed by atoms with van der Waals surface area (Å²) in [5.41, 5.74) is 0.254. The fraction of sp³-hybridized carbons (Fsp3) is 0.300. The van der Waals surface area contributed by atoms with Crippen LogP contribution in [-0.2, 0) is 11.3 Å². The van der Waals surface area contributed by atoms with Crippen LogP contribution in [0.5, 0.6) is 11.5 Å². The van der Waals surface area contributed by atoms with Gasteiger partial charge in [0.25, 0.3) is 0 Å². The monoisotopic (exact) mass is 245 g/mol. The lowest BCUT2D eigenvalue weighted by molar-refractivity contribution is 0.349. The number of benzene rings is 1. The van der Waals surface area contributed by atoms with Crippen LogP contribution >= 0.6 is 11.6 Å². The van der Waals surface area contributed by atoms with E-state index in [2.05, 4.69) is 4.99 Å². The van der Waals surface area contributed by atoms with E-state index in [4.69, 9.17) is 21.1 Å². The Morgan fingerprint density at radius 3 is 2.69 bits per heavy atom. The minimum absolute atomic E-state index is 0.111. The van der Waals surface area contributed by atoms with Crippen molar-refractivity contribution in [3.63, 3.8) is 0 Å². The predicted octanol–water partition coefficient (Wildman–Crippen LogP) is 2.33. The average molecular weight is 246 g/mol. The van der Waals surface area contributed by atoms with Crippen LogP contribution in [0.1, 0.15) is 5.56 Å². The summed E-state index contributed by atoms with van der Waals surface area (Å²) in [4.78, 5) is 13.4. The molecule has 16 heavy (non-hydrogen) atoms. The first-order valence-electron chi connectivity index (χ1n) is 4.28. The Bertz CT molecular complexity index is 444. The Morgan fingerprint density at radius 2 is 2.19 bits per heavy atom. The van der Waals surface area contributed by atoms with Crippen molar-refractivity contribution < 1.29 is 18.7 Å². The first-order chi connectivity index (χ1) is 7.65. The Hall–Kier alpha value is -1.58. The van der Waals surface area contributed by atoms with Crippen LogP contribution in [0.3, 0.4) is 0 Å². The molecule has 0 heterocycles. The van der Waals surface area contributed by atoms with E-state index in [1.165, 1.54) is 20.3 Å². The summed E-state index contributed by atoms with van der Waals surface area (Å²) in [5, 5.41) is -0.142. The summed E-state index contributed by atoms with van der Waals surface area (Å²) in [5.74, 6) is -0.205. The molecule has 86 valence electrons. The van der Waals surface area contributed by atoms with Crippen molar-refractivity contribution in [2.24, 2.45) is 4.99 Å². The molecule has 0 unspecified atom stereocenters. The summed E-state index contributed by atoms with van der Waals surface area (Å²) < 4.78 is 23.3. The minimum atomic E-state index is -0.657. The first-order valence-corrected chi connectivity index (χ1v) is 4.66. The summed E-state index contributed by atoms with van der Waals surface area (Å²) >= 11 is 5.74. The van der Waals surface area contributed by atoms with Gasteiger partial charge in [-0.25, -0.2) is 14.2 Å². The van der Waals surface area contributed by atoms with Gasteiger partial charge in [-0.05, 0) is 0 Å². The Morgan fingerprint density at radius 1 is 1.50 bits per heavy atom. The smallest absolute Gasteiger partial charge is 0.235 e. The van der Waals surface area contributed by atoms with Gasteiger partial charge in [-0.1, -0.05) is 11.6 Å². The minimum Gasteiger partial charge on any atom is -0.493 e. The lowest BCUT2D eigenvalue weighted by Gasteiger charge is -2.13. The van der Waals surface area contributed by atoms with Crippen LogP contribution in [0.15, 0.2) is 11.1 Å². The molecule has 4 nitrogen and oxygen atoms in total. The zero-order chi connectivity index (χ0) is 12.1. The molecule has 0 radical (unpaired) electrons.